The number of para-hydroxylation sites is 1. The fourth-order valence-corrected chi connectivity index (χ4v) is 3.09. The number of aromatic amines is 1. The topological polar surface area (TPSA) is 100 Å². The van der Waals surface area contributed by atoms with E-state index in [0.29, 0.717) is 19.4 Å². The minimum Gasteiger partial charge on any atom is -0.361 e. The molecule has 2 aromatic rings. The summed E-state index contributed by atoms with van der Waals surface area (Å²) in [5.41, 5.74) is 8.12. The maximum atomic E-state index is 12.3. The SMILES string of the molecule is N[C@H]1CCCCNC(=O)/C=C/[C@H](Cc2c[nH]c3ccccc23)NC1=O. The summed E-state index contributed by atoms with van der Waals surface area (Å²) in [4.78, 5) is 27.4. The molecule has 2 atom stereocenters. The van der Waals surface area contributed by atoms with Gasteiger partial charge < -0.3 is 21.4 Å². The van der Waals surface area contributed by atoms with E-state index in [4.69, 9.17) is 5.73 Å². The molecule has 0 fully saturated rings. The quantitative estimate of drug-likeness (QED) is 0.664. The molecular weight excluding hydrogens is 316 g/mol. The molecule has 1 aromatic carbocycles. The summed E-state index contributed by atoms with van der Waals surface area (Å²) >= 11 is 0. The molecule has 1 aromatic heterocycles. The number of hydrogen-bond donors (Lipinski definition) is 4. The molecule has 0 radical (unpaired) electrons. The zero-order chi connectivity index (χ0) is 17.6. The van der Waals surface area contributed by atoms with E-state index >= 15 is 0 Å². The van der Waals surface area contributed by atoms with Crippen molar-refractivity contribution in [2.75, 3.05) is 6.54 Å². The molecule has 5 N–H and O–H groups in total. The summed E-state index contributed by atoms with van der Waals surface area (Å²) in [5.74, 6) is -0.307. The number of nitrogens with two attached hydrogens (primary N) is 1. The van der Waals surface area contributed by atoms with Crippen LogP contribution in [0.15, 0.2) is 42.6 Å². The molecule has 3 rings (SSSR count). The van der Waals surface area contributed by atoms with Gasteiger partial charge in [-0.2, -0.15) is 0 Å². The Bertz CT molecular complexity index is 781. The summed E-state index contributed by atoms with van der Waals surface area (Å²) in [6, 6.07) is 7.21. The predicted octanol–water partition coefficient (Wildman–Crippen LogP) is 1.38. The van der Waals surface area contributed by atoms with Gasteiger partial charge in [-0.25, -0.2) is 0 Å². The van der Waals surface area contributed by atoms with Crippen molar-refractivity contribution in [3.63, 3.8) is 0 Å². The Hall–Kier alpha value is -2.60. The van der Waals surface area contributed by atoms with Gasteiger partial charge in [0.05, 0.1) is 12.1 Å². The maximum absolute atomic E-state index is 12.3. The van der Waals surface area contributed by atoms with Crippen molar-refractivity contribution in [3.05, 3.63) is 48.2 Å². The van der Waals surface area contributed by atoms with E-state index in [0.717, 1.165) is 29.3 Å². The molecule has 0 aliphatic carbocycles. The third-order valence-electron chi connectivity index (χ3n) is 4.50. The fourth-order valence-electron chi connectivity index (χ4n) is 3.09. The summed E-state index contributed by atoms with van der Waals surface area (Å²) in [6.07, 6.45) is 8.01. The number of carbonyl (C=O) groups is 2. The van der Waals surface area contributed by atoms with Crippen molar-refractivity contribution in [3.8, 4) is 0 Å². The highest BCUT2D eigenvalue weighted by Gasteiger charge is 2.18. The lowest BCUT2D eigenvalue weighted by atomic mass is 10.0. The number of fused-ring (bicyclic) bond motifs is 1. The van der Waals surface area contributed by atoms with E-state index in [1.54, 1.807) is 6.08 Å². The molecule has 0 spiro atoms. The van der Waals surface area contributed by atoms with Crippen LogP contribution < -0.4 is 16.4 Å². The van der Waals surface area contributed by atoms with Crippen molar-refractivity contribution < 1.29 is 9.59 Å². The number of H-pyrrole nitrogens is 1. The van der Waals surface area contributed by atoms with E-state index in [1.165, 1.54) is 6.08 Å². The van der Waals surface area contributed by atoms with Gasteiger partial charge in [0.1, 0.15) is 0 Å². The number of rotatable bonds is 2. The molecule has 2 heterocycles. The Morgan fingerprint density at radius 1 is 1.16 bits per heavy atom. The van der Waals surface area contributed by atoms with Crippen LogP contribution in [0.4, 0.5) is 0 Å². The highest BCUT2D eigenvalue weighted by Crippen LogP contribution is 2.19. The molecule has 25 heavy (non-hydrogen) atoms. The standard InChI is InChI=1S/C19H24N4O2/c20-16-6-3-4-10-21-18(24)9-8-14(23-19(16)25)11-13-12-22-17-7-2-1-5-15(13)17/h1-2,5,7-9,12,14,16,22H,3-4,6,10-11,20H2,(H,21,24)(H,23,25)/b9-8+/t14-,16+/m1/s1. The number of hydrogen-bond acceptors (Lipinski definition) is 3. The number of carbonyl (C=O) groups excluding carboxylic acids is 2. The van der Waals surface area contributed by atoms with Crippen LogP contribution >= 0.6 is 0 Å². The molecule has 2 amide bonds. The molecule has 0 unspecified atom stereocenters. The smallest absolute Gasteiger partial charge is 0.243 e. The molecule has 6 nitrogen and oxygen atoms in total. The van der Waals surface area contributed by atoms with Crippen LogP contribution in [0.1, 0.15) is 24.8 Å². The lowest BCUT2D eigenvalue weighted by molar-refractivity contribution is -0.123. The molecule has 132 valence electrons. The Labute approximate surface area is 146 Å². The second-order valence-electron chi connectivity index (χ2n) is 6.43. The van der Waals surface area contributed by atoms with Crippen LogP contribution in [-0.2, 0) is 16.0 Å². The van der Waals surface area contributed by atoms with E-state index in [-0.39, 0.29) is 17.9 Å². The average Bonchev–Trinajstić information content (AvgIpc) is 3.01. The van der Waals surface area contributed by atoms with E-state index in [2.05, 4.69) is 15.6 Å². The van der Waals surface area contributed by atoms with Gasteiger partial charge in [0.25, 0.3) is 0 Å². The second kappa shape index (κ2) is 7.98. The van der Waals surface area contributed by atoms with Crippen LogP contribution in [0.5, 0.6) is 0 Å². The second-order valence-corrected chi connectivity index (χ2v) is 6.43. The van der Waals surface area contributed by atoms with Gasteiger partial charge in [-0.05, 0) is 37.3 Å². The Morgan fingerprint density at radius 3 is 2.88 bits per heavy atom. The van der Waals surface area contributed by atoms with Crippen LogP contribution in [0.2, 0.25) is 0 Å². The van der Waals surface area contributed by atoms with Gasteiger partial charge in [-0.15, -0.1) is 0 Å². The number of aromatic nitrogens is 1. The van der Waals surface area contributed by atoms with Crippen LogP contribution in [0.25, 0.3) is 10.9 Å². The highest BCUT2D eigenvalue weighted by atomic mass is 16.2. The predicted molar refractivity (Wildman–Crippen MR) is 97.9 cm³/mol. The fraction of sp³-hybridized carbons (Fsp3) is 0.368. The van der Waals surface area contributed by atoms with Gasteiger partial charge >= 0.3 is 0 Å². The molecule has 6 heteroatoms. The minimum absolute atomic E-state index is 0.136. The highest BCUT2D eigenvalue weighted by molar-refractivity contribution is 5.88. The normalized spacial score (nSPS) is 24.0. The summed E-state index contributed by atoms with van der Waals surface area (Å²) in [7, 11) is 0. The van der Waals surface area contributed by atoms with Crippen LogP contribution in [0.3, 0.4) is 0 Å². The average molecular weight is 340 g/mol. The van der Waals surface area contributed by atoms with Crippen molar-refractivity contribution in [1.29, 1.82) is 0 Å². The first-order valence-electron chi connectivity index (χ1n) is 8.70. The van der Waals surface area contributed by atoms with Crippen molar-refractivity contribution in [2.24, 2.45) is 5.73 Å². The van der Waals surface area contributed by atoms with Gasteiger partial charge in [-0.1, -0.05) is 24.3 Å². The van der Waals surface area contributed by atoms with Gasteiger partial charge in [0, 0.05) is 29.7 Å². The lowest BCUT2D eigenvalue weighted by Gasteiger charge is -2.19. The number of nitrogens with one attached hydrogen (secondary N) is 3. The molecular formula is C19H24N4O2. The monoisotopic (exact) mass is 340 g/mol. The molecule has 1 aliphatic rings. The van der Waals surface area contributed by atoms with E-state index in [9.17, 15) is 9.59 Å². The van der Waals surface area contributed by atoms with Crippen molar-refractivity contribution in [2.45, 2.75) is 37.8 Å². The zero-order valence-electron chi connectivity index (χ0n) is 14.1. The number of benzene rings is 1. The van der Waals surface area contributed by atoms with E-state index < -0.39 is 6.04 Å². The molecule has 1 aliphatic heterocycles. The summed E-state index contributed by atoms with van der Waals surface area (Å²) in [6.45, 7) is 0.602. The van der Waals surface area contributed by atoms with Crippen LogP contribution in [0, 0.1) is 0 Å². The van der Waals surface area contributed by atoms with Crippen molar-refractivity contribution in [1.82, 2.24) is 15.6 Å². The Balaban J connectivity index is 1.81. The first kappa shape index (κ1) is 17.2. The third kappa shape index (κ3) is 4.48. The van der Waals surface area contributed by atoms with Gasteiger partial charge in [0.15, 0.2) is 0 Å². The first-order valence-corrected chi connectivity index (χ1v) is 8.70. The lowest BCUT2D eigenvalue weighted by Crippen LogP contribution is -2.45. The molecule has 0 saturated heterocycles. The molecule has 0 saturated carbocycles. The third-order valence-corrected chi connectivity index (χ3v) is 4.50. The summed E-state index contributed by atoms with van der Waals surface area (Å²) < 4.78 is 0. The zero-order valence-corrected chi connectivity index (χ0v) is 14.1. The van der Waals surface area contributed by atoms with Gasteiger partial charge in [0.2, 0.25) is 11.8 Å². The largest absolute Gasteiger partial charge is 0.361 e. The number of amides is 2. The Kier molecular flexibility index (Phi) is 5.50. The van der Waals surface area contributed by atoms with Crippen LogP contribution in [-0.4, -0.2) is 35.4 Å². The minimum atomic E-state index is -0.519. The Morgan fingerprint density at radius 2 is 2.00 bits per heavy atom. The molecule has 0 bridgehead atoms. The van der Waals surface area contributed by atoms with E-state index in [1.807, 2.05) is 30.5 Å². The summed E-state index contributed by atoms with van der Waals surface area (Å²) in [5, 5.41) is 6.93. The first-order chi connectivity index (χ1) is 12.1. The van der Waals surface area contributed by atoms with Crippen molar-refractivity contribution >= 4 is 22.7 Å². The maximum Gasteiger partial charge on any atom is 0.243 e. The van der Waals surface area contributed by atoms with Gasteiger partial charge in [-0.3, -0.25) is 9.59 Å².